The minimum atomic E-state index is -4.91. The Kier molecular flexibility index (Phi) is 7.05. The van der Waals surface area contributed by atoms with Gasteiger partial charge in [-0.3, -0.25) is 14.8 Å². The summed E-state index contributed by atoms with van der Waals surface area (Å²) in [4.78, 5) is 25.1. The third kappa shape index (κ3) is 5.88. The minimum Gasteiger partial charge on any atom is -0.406 e. The number of halogens is 3. The molecule has 0 spiro atoms. The summed E-state index contributed by atoms with van der Waals surface area (Å²) in [7, 11) is -4.14. The van der Waals surface area contributed by atoms with Crippen LogP contribution in [0.1, 0.15) is 5.56 Å². The molecular formula is C20H18F3N3O6S. The number of sulfonamides is 1. The molecule has 0 unspecified atom stereocenters. The maximum atomic E-state index is 12.9. The maximum Gasteiger partial charge on any atom is 0.573 e. The Morgan fingerprint density at radius 1 is 1.09 bits per heavy atom. The predicted molar refractivity (Wildman–Crippen MR) is 110 cm³/mol. The molecule has 0 aliphatic carbocycles. The molecule has 1 aliphatic rings. The van der Waals surface area contributed by atoms with E-state index in [1.807, 2.05) is 0 Å². The van der Waals surface area contributed by atoms with Crippen molar-refractivity contribution in [1.82, 2.24) is 9.79 Å². The molecule has 2 aromatic rings. The lowest BCUT2D eigenvalue weighted by Gasteiger charge is -2.34. The lowest BCUT2D eigenvalue weighted by atomic mass is 10.1. The van der Waals surface area contributed by atoms with Crippen LogP contribution < -0.4 is 15.1 Å². The number of carbonyl (C=O) groups excluding carboxylic acids is 2. The molecular weight excluding hydrogens is 467 g/mol. The standard InChI is InChI=1S/C20H18F3N3O6S/c21-20(22,23)32-15-6-8-16(9-7-15)33(30,31)25-11-12-26(19(28)13-25)17-4-2-1-3-14(17)5-10-18(27)24-29/h1-10,29H,11-13H2,(H,24,27)/b10-5+. The molecule has 1 saturated heterocycles. The predicted octanol–water partition coefficient (Wildman–Crippen LogP) is 2.14. The van der Waals surface area contributed by atoms with Crippen molar-refractivity contribution in [2.24, 2.45) is 0 Å². The second kappa shape index (κ2) is 9.60. The highest BCUT2D eigenvalue weighted by Gasteiger charge is 2.35. The van der Waals surface area contributed by atoms with Gasteiger partial charge in [-0.05, 0) is 42.0 Å². The smallest absolute Gasteiger partial charge is 0.406 e. The van der Waals surface area contributed by atoms with Gasteiger partial charge in [-0.25, -0.2) is 13.9 Å². The fourth-order valence-corrected chi connectivity index (χ4v) is 4.53. The Labute approximate surface area is 186 Å². The molecule has 9 nitrogen and oxygen atoms in total. The van der Waals surface area contributed by atoms with E-state index in [1.165, 1.54) is 16.5 Å². The van der Waals surface area contributed by atoms with Crippen LogP contribution in [0, 0.1) is 0 Å². The highest BCUT2D eigenvalue weighted by atomic mass is 32.2. The van der Waals surface area contributed by atoms with Crippen molar-refractivity contribution in [3.05, 3.63) is 60.2 Å². The van der Waals surface area contributed by atoms with Crippen LogP contribution in [0.15, 0.2) is 59.5 Å². The Morgan fingerprint density at radius 3 is 2.36 bits per heavy atom. The Balaban J connectivity index is 1.76. The van der Waals surface area contributed by atoms with Gasteiger partial charge in [-0.1, -0.05) is 18.2 Å². The zero-order valence-electron chi connectivity index (χ0n) is 16.8. The summed E-state index contributed by atoms with van der Waals surface area (Å²) in [5.74, 6) is -1.87. The topological polar surface area (TPSA) is 116 Å². The van der Waals surface area contributed by atoms with Gasteiger partial charge in [0, 0.05) is 19.2 Å². The molecule has 2 N–H and O–H groups in total. The van der Waals surface area contributed by atoms with Crippen molar-refractivity contribution in [2.45, 2.75) is 11.3 Å². The van der Waals surface area contributed by atoms with Crippen LogP contribution in [0.3, 0.4) is 0 Å². The van der Waals surface area contributed by atoms with E-state index in [4.69, 9.17) is 5.21 Å². The first-order chi connectivity index (χ1) is 15.5. The fourth-order valence-electron chi connectivity index (χ4n) is 3.15. The second-order valence-corrected chi connectivity index (χ2v) is 8.71. The van der Waals surface area contributed by atoms with Gasteiger partial charge >= 0.3 is 6.36 Å². The number of carbonyl (C=O) groups is 2. The lowest BCUT2D eigenvalue weighted by molar-refractivity contribution is -0.274. The zero-order valence-corrected chi connectivity index (χ0v) is 17.6. The summed E-state index contributed by atoms with van der Waals surface area (Å²) in [5.41, 5.74) is 2.38. The van der Waals surface area contributed by atoms with Gasteiger partial charge in [0.15, 0.2) is 0 Å². The number of hydroxylamine groups is 1. The summed E-state index contributed by atoms with van der Waals surface area (Å²) >= 11 is 0. The Morgan fingerprint density at radius 2 is 1.76 bits per heavy atom. The van der Waals surface area contributed by atoms with E-state index in [2.05, 4.69) is 4.74 Å². The molecule has 0 saturated carbocycles. The number of anilines is 1. The van der Waals surface area contributed by atoms with Gasteiger partial charge in [-0.15, -0.1) is 13.2 Å². The summed E-state index contributed by atoms with van der Waals surface area (Å²) in [5, 5.41) is 8.60. The number of para-hydroxylation sites is 1. The van der Waals surface area contributed by atoms with Gasteiger partial charge in [-0.2, -0.15) is 4.31 Å². The minimum absolute atomic E-state index is 0.00435. The van der Waals surface area contributed by atoms with Gasteiger partial charge in [0.05, 0.1) is 17.1 Å². The number of hydrogen-bond acceptors (Lipinski definition) is 6. The van der Waals surface area contributed by atoms with Gasteiger partial charge in [0.2, 0.25) is 15.9 Å². The first kappa shape index (κ1) is 24.2. The van der Waals surface area contributed by atoms with Crippen molar-refractivity contribution < 1.29 is 41.1 Å². The molecule has 2 amide bonds. The summed E-state index contributed by atoms with van der Waals surface area (Å²) in [6.45, 7) is -0.549. The third-order valence-electron chi connectivity index (χ3n) is 4.63. The molecule has 13 heteroatoms. The summed E-state index contributed by atoms with van der Waals surface area (Å²) < 4.78 is 67.3. The monoisotopic (exact) mass is 485 g/mol. The second-order valence-electron chi connectivity index (χ2n) is 6.77. The number of benzene rings is 2. The number of nitrogens with zero attached hydrogens (tertiary/aromatic N) is 2. The van der Waals surface area contributed by atoms with Crippen LogP contribution in [-0.2, 0) is 19.6 Å². The first-order valence-corrected chi connectivity index (χ1v) is 10.8. The summed E-state index contributed by atoms with van der Waals surface area (Å²) in [6.07, 6.45) is -2.45. The average molecular weight is 485 g/mol. The highest BCUT2D eigenvalue weighted by Crippen LogP contribution is 2.28. The molecule has 0 radical (unpaired) electrons. The van der Waals surface area contributed by atoms with Gasteiger partial charge in [0.25, 0.3) is 5.91 Å². The lowest BCUT2D eigenvalue weighted by Crippen LogP contribution is -2.52. The Bertz CT molecular complexity index is 1170. The quantitative estimate of drug-likeness (QED) is 0.368. The summed E-state index contributed by atoms with van der Waals surface area (Å²) in [6, 6.07) is 10.3. The largest absolute Gasteiger partial charge is 0.573 e. The van der Waals surface area contributed by atoms with Gasteiger partial charge in [0.1, 0.15) is 5.75 Å². The van der Waals surface area contributed by atoms with E-state index < -0.39 is 40.5 Å². The molecule has 1 aliphatic heterocycles. The molecule has 0 bridgehead atoms. The Hall–Kier alpha value is -3.42. The van der Waals surface area contributed by atoms with Crippen LogP contribution in [-0.4, -0.2) is 55.7 Å². The number of hydrogen-bond donors (Lipinski definition) is 2. The van der Waals surface area contributed by atoms with Crippen LogP contribution >= 0.6 is 0 Å². The average Bonchev–Trinajstić information content (AvgIpc) is 2.77. The molecule has 1 fully saturated rings. The molecule has 1 heterocycles. The van der Waals surface area contributed by atoms with Crippen LogP contribution in [0.2, 0.25) is 0 Å². The number of nitrogens with one attached hydrogen (secondary N) is 1. The normalized spacial score (nSPS) is 15.6. The first-order valence-electron chi connectivity index (χ1n) is 9.39. The van der Waals surface area contributed by atoms with E-state index in [-0.39, 0.29) is 18.0 Å². The number of alkyl halides is 3. The van der Waals surface area contributed by atoms with Crippen molar-refractivity contribution in [1.29, 1.82) is 0 Å². The van der Waals surface area contributed by atoms with E-state index in [0.29, 0.717) is 11.3 Å². The molecule has 176 valence electrons. The molecule has 2 aromatic carbocycles. The van der Waals surface area contributed by atoms with E-state index >= 15 is 0 Å². The van der Waals surface area contributed by atoms with Crippen LogP contribution in [0.25, 0.3) is 6.08 Å². The number of amides is 2. The van der Waals surface area contributed by atoms with Crippen LogP contribution in [0.5, 0.6) is 5.75 Å². The van der Waals surface area contributed by atoms with E-state index in [0.717, 1.165) is 34.6 Å². The number of rotatable bonds is 6. The van der Waals surface area contributed by atoms with Crippen molar-refractivity contribution in [2.75, 3.05) is 24.5 Å². The molecule has 3 rings (SSSR count). The molecule has 0 atom stereocenters. The number of ether oxygens (including phenoxy) is 1. The third-order valence-corrected chi connectivity index (χ3v) is 6.49. The van der Waals surface area contributed by atoms with Crippen LogP contribution in [0.4, 0.5) is 18.9 Å². The van der Waals surface area contributed by atoms with Crippen molar-refractivity contribution in [3.63, 3.8) is 0 Å². The molecule has 0 aromatic heterocycles. The van der Waals surface area contributed by atoms with E-state index in [1.54, 1.807) is 24.3 Å². The van der Waals surface area contributed by atoms with Gasteiger partial charge < -0.3 is 9.64 Å². The van der Waals surface area contributed by atoms with E-state index in [9.17, 15) is 31.2 Å². The van der Waals surface area contributed by atoms with Crippen molar-refractivity contribution in [3.8, 4) is 5.75 Å². The fraction of sp³-hybridized carbons (Fsp3) is 0.200. The zero-order chi connectivity index (χ0) is 24.2. The molecule has 33 heavy (non-hydrogen) atoms. The SMILES string of the molecule is O=C(/C=C/c1ccccc1N1CCN(S(=O)(=O)c2ccc(OC(F)(F)F)cc2)CC1=O)NO. The maximum absolute atomic E-state index is 12.9. The highest BCUT2D eigenvalue weighted by molar-refractivity contribution is 7.89. The van der Waals surface area contributed by atoms with Crippen molar-refractivity contribution >= 4 is 33.6 Å². The number of piperazine rings is 1.